The molecule has 0 atom stereocenters. The van der Waals surface area contributed by atoms with Crippen molar-refractivity contribution in [2.24, 2.45) is 0 Å². The number of aliphatic hydroxyl groups excluding tert-OH is 1. The van der Waals surface area contributed by atoms with E-state index in [9.17, 15) is 9.50 Å². The molecule has 1 aliphatic heterocycles. The van der Waals surface area contributed by atoms with Gasteiger partial charge in [-0.25, -0.2) is 9.37 Å². The van der Waals surface area contributed by atoms with E-state index in [1.54, 1.807) is 0 Å². The van der Waals surface area contributed by atoms with Gasteiger partial charge in [0.15, 0.2) is 0 Å². The van der Waals surface area contributed by atoms with Gasteiger partial charge in [-0.3, -0.25) is 0 Å². The maximum atomic E-state index is 13.1. The van der Waals surface area contributed by atoms with Gasteiger partial charge in [0.1, 0.15) is 11.6 Å². The predicted molar refractivity (Wildman–Crippen MR) is 73.5 cm³/mol. The van der Waals surface area contributed by atoms with Gasteiger partial charge in [-0.05, 0) is 12.5 Å². The van der Waals surface area contributed by atoms with E-state index in [0.29, 0.717) is 5.56 Å². The van der Waals surface area contributed by atoms with E-state index in [1.165, 1.54) is 12.3 Å². The van der Waals surface area contributed by atoms with Crippen LogP contribution in [0.4, 0.5) is 10.2 Å². The van der Waals surface area contributed by atoms with E-state index >= 15 is 0 Å². The normalized spacial score (nSPS) is 19.7. The van der Waals surface area contributed by atoms with E-state index in [1.807, 2.05) is 11.8 Å². The number of halogens is 1. The highest BCUT2D eigenvalue weighted by Gasteiger charge is 2.25. The standard InChI is InChI=1S/C13H19FN2OS/c1-13(2)3-4-16(5-6-18-13)12-10(9-17)7-11(14)8-15-12/h7-8,17H,3-6,9H2,1-2H3. The second kappa shape index (κ2) is 5.45. The van der Waals surface area contributed by atoms with Gasteiger partial charge in [-0.1, -0.05) is 13.8 Å². The molecule has 5 heteroatoms. The number of hydrogen-bond donors (Lipinski definition) is 1. The fraction of sp³-hybridized carbons (Fsp3) is 0.615. The van der Waals surface area contributed by atoms with Gasteiger partial charge in [-0.15, -0.1) is 0 Å². The summed E-state index contributed by atoms with van der Waals surface area (Å²) in [6.45, 7) is 6.09. The number of anilines is 1. The zero-order valence-corrected chi connectivity index (χ0v) is 11.6. The molecule has 1 fully saturated rings. The smallest absolute Gasteiger partial charge is 0.142 e. The minimum atomic E-state index is -0.396. The zero-order valence-electron chi connectivity index (χ0n) is 10.8. The van der Waals surface area contributed by atoms with E-state index in [0.717, 1.165) is 31.1 Å². The van der Waals surface area contributed by atoms with Crippen LogP contribution in [-0.4, -0.2) is 33.7 Å². The Hall–Kier alpha value is -0.810. The zero-order chi connectivity index (χ0) is 13.2. The first-order valence-corrected chi connectivity index (χ1v) is 7.14. The van der Waals surface area contributed by atoms with E-state index in [-0.39, 0.29) is 11.4 Å². The Morgan fingerprint density at radius 1 is 1.50 bits per heavy atom. The van der Waals surface area contributed by atoms with Crippen LogP contribution in [0.5, 0.6) is 0 Å². The topological polar surface area (TPSA) is 36.4 Å². The summed E-state index contributed by atoms with van der Waals surface area (Å²) in [6, 6.07) is 1.37. The lowest BCUT2D eigenvalue weighted by Gasteiger charge is -2.24. The molecule has 1 N–H and O–H groups in total. The number of hydrogen-bond acceptors (Lipinski definition) is 4. The number of pyridine rings is 1. The molecule has 1 aromatic rings. The Balaban J connectivity index is 2.21. The highest BCUT2D eigenvalue weighted by atomic mass is 32.2. The molecular formula is C13H19FN2OS. The highest BCUT2D eigenvalue weighted by Crippen LogP contribution is 2.32. The molecule has 0 unspecified atom stereocenters. The monoisotopic (exact) mass is 270 g/mol. The minimum Gasteiger partial charge on any atom is -0.392 e. The SMILES string of the molecule is CC1(C)CCN(c2ncc(F)cc2CO)CCS1. The summed E-state index contributed by atoms with van der Waals surface area (Å²) in [5.41, 5.74) is 0.569. The Bertz CT molecular complexity index is 425. The highest BCUT2D eigenvalue weighted by molar-refractivity contribution is 8.00. The van der Waals surface area contributed by atoms with Crippen molar-refractivity contribution in [1.82, 2.24) is 4.98 Å². The van der Waals surface area contributed by atoms with Crippen molar-refractivity contribution < 1.29 is 9.50 Å². The molecule has 2 rings (SSSR count). The molecule has 0 aromatic carbocycles. The van der Waals surface area contributed by atoms with E-state index < -0.39 is 5.82 Å². The van der Waals surface area contributed by atoms with Crippen LogP contribution in [0.1, 0.15) is 25.8 Å². The summed E-state index contributed by atoms with van der Waals surface area (Å²) < 4.78 is 13.4. The second-order valence-corrected chi connectivity index (χ2v) is 6.94. The lowest BCUT2D eigenvalue weighted by Crippen LogP contribution is -2.28. The summed E-state index contributed by atoms with van der Waals surface area (Å²) >= 11 is 1.95. The molecule has 0 radical (unpaired) electrons. The van der Waals surface area contributed by atoms with Crippen molar-refractivity contribution in [1.29, 1.82) is 0 Å². The van der Waals surface area contributed by atoms with Gasteiger partial charge in [0.25, 0.3) is 0 Å². The van der Waals surface area contributed by atoms with E-state index in [2.05, 4.69) is 23.7 Å². The lowest BCUT2D eigenvalue weighted by molar-refractivity contribution is 0.281. The minimum absolute atomic E-state index is 0.173. The van der Waals surface area contributed by atoms with Crippen molar-refractivity contribution in [2.45, 2.75) is 31.6 Å². The fourth-order valence-electron chi connectivity index (χ4n) is 2.11. The first-order chi connectivity index (χ1) is 8.52. The maximum Gasteiger partial charge on any atom is 0.142 e. The first-order valence-electron chi connectivity index (χ1n) is 6.16. The van der Waals surface area contributed by atoms with Crippen molar-refractivity contribution >= 4 is 17.6 Å². The molecule has 100 valence electrons. The molecule has 2 heterocycles. The van der Waals surface area contributed by atoms with Crippen LogP contribution in [0, 0.1) is 5.82 Å². The number of thioether (sulfide) groups is 1. The Labute approximate surface area is 111 Å². The predicted octanol–water partition coefficient (Wildman–Crippen LogP) is 2.43. The molecule has 0 aliphatic carbocycles. The van der Waals surface area contributed by atoms with Crippen LogP contribution < -0.4 is 4.90 Å². The molecule has 1 saturated heterocycles. The number of aromatic nitrogens is 1. The average Bonchev–Trinajstić information content (AvgIpc) is 2.50. The van der Waals surface area contributed by atoms with Gasteiger partial charge in [-0.2, -0.15) is 11.8 Å². The molecule has 1 aromatic heterocycles. The third-order valence-corrected chi connectivity index (χ3v) is 4.59. The third kappa shape index (κ3) is 3.14. The van der Waals surface area contributed by atoms with Crippen LogP contribution in [0.3, 0.4) is 0 Å². The van der Waals surface area contributed by atoms with Crippen molar-refractivity contribution in [2.75, 3.05) is 23.7 Å². The van der Waals surface area contributed by atoms with Crippen molar-refractivity contribution in [3.63, 3.8) is 0 Å². The van der Waals surface area contributed by atoms with E-state index in [4.69, 9.17) is 0 Å². The average molecular weight is 270 g/mol. The fourth-order valence-corrected chi connectivity index (χ4v) is 3.21. The van der Waals surface area contributed by atoms with Crippen LogP contribution >= 0.6 is 11.8 Å². The van der Waals surface area contributed by atoms with Gasteiger partial charge >= 0.3 is 0 Å². The molecule has 0 amide bonds. The largest absolute Gasteiger partial charge is 0.392 e. The third-order valence-electron chi connectivity index (χ3n) is 3.22. The van der Waals surface area contributed by atoms with Gasteiger partial charge < -0.3 is 10.0 Å². The van der Waals surface area contributed by atoms with Crippen LogP contribution in [-0.2, 0) is 6.61 Å². The van der Waals surface area contributed by atoms with Gasteiger partial charge in [0.05, 0.1) is 12.8 Å². The summed E-state index contributed by atoms with van der Waals surface area (Å²) in [5.74, 6) is 1.35. The van der Waals surface area contributed by atoms with Gasteiger partial charge in [0, 0.05) is 29.2 Å². The van der Waals surface area contributed by atoms with Crippen LogP contribution in [0.2, 0.25) is 0 Å². The number of aliphatic hydroxyl groups is 1. The second-order valence-electron chi connectivity index (χ2n) is 5.14. The number of nitrogens with zero attached hydrogens (tertiary/aromatic N) is 2. The molecule has 0 saturated carbocycles. The van der Waals surface area contributed by atoms with Crippen molar-refractivity contribution in [3.8, 4) is 0 Å². The molecule has 18 heavy (non-hydrogen) atoms. The molecular weight excluding hydrogens is 251 g/mol. The maximum absolute atomic E-state index is 13.1. The molecule has 0 spiro atoms. The lowest BCUT2D eigenvalue weighted by atomic mass is 10.1. The Morgan fingerprint density at radius 3 is 3.00 bits per heavy atom. The molecule has 0 bridgehead atoms. The number of rotatable bonds is 2. The summed E-state index contributed by atoms with van der Waals surface area (Å²) in [5, 5.41) is 9.31. The summed E-state index contributed by atoms with van der Waals surface area (Å²) in [4.78, 5) is 6.29. The molecule has 3 nitrogen and oxygen atoms in total. The van der Waals surface area contributed by atoms with Crippen molar-refractivity contribution in [3.05, 3.63) is 23.6 Å². The quantitative estimate of drug-likeness (QED) is 0.895. The Morgan fingerprint density at radius 2 is 2.28 bits per heavy atom. The van der Waals surface area contributed by atoms with Crippen LogP contribution in [0.25, 0.3) is 0 Å². The molecule has 1 aliphatic rings. The Kier molecular flexibility index (Phi) is 4.12. The van der Waals surface area contributed by atoms with Crippen LogP contribution in [0.15, 0.2) is 12.3 Å². The summed E-state index contributed by atoms with van der Waals surface area (Å²) in [7, 11) is 0. The summed E-state index contributed by atoms with van der Waals surface area (Å²) in [6.07, 6.45) is 2.28. The van der Waals surface area contributed by atoms with Gasteiger partial charge in [0.2, 0.25) is 0 Å². The first kappa shape index (κ1) is 13.6.